The number of benzene rings is 2. The van der Waals surface area contributed by atoms with Gasteiger partial charge in [0.2, 0.25) is 0 Å². The summed E-state index contributed by atoms with van der Waals surface area (Å²) in [7, 11) is -3.18. The van der Waals surface area contributed by atoms with E-state index in [0.717, 1.165) is 37.5 Å². The van der Waals surface area contributed by atoms with Gasteiger partial charge in [-0.3, -0.25) is 9.59 Å². The maximum atomic E-state index is 12.6. The fourth-order valence-corrected chi connectivity index (χ4v) is 4.55. The maximum Gasteiger partial charge on any atom is 0.255 e. The molecule has 6 nitrogen and oxygen atoms in total. The van der Waals surface area contributed by atoms with Crippen molar-refractivity contribution in [2.24, 2.45) is 0 Å². The quantitative estimate of drug-likeness (QED) is 0.731. The van der Waals surface area contributed by atoms with E-state index in [2.05, 4.69) is 10.6 Å². The van der Waals surface area contributed by atoms with E-state index >= 15 is 0 Å². The Balaban J connectivity index is 1.67. The van der Waals surface area contributed by atoms with Gasteiger partial charge in [0.25, 0.3) is 11.8 Å². The van der Waals surface area contributed by atoms with Crippen LogP contribution >= 0.6 is 0 Å². The lowest BCUT2D eigenvalue weighted by atomic mass is 9.95. The van der Waals surface area contributed by atoms with Crippen LogP contribution in [0, 0.1) is 6.92 Å². The molecule has 1 saturated carbocycles. The van der Waals surface area contributed by atoms with Crippen molar-refractivity contribution in [1.29, 1.82) is 0 Å². The minimum absolute atomic E-state index is 0.0867. The molecule has 1 aliphatic rings. The molecule has 2 amide bonds. The molecule has 0 saturated heterocycles. The zero-order valence-electron chi connectivity index (χ0n) is 17.4. The summed E-state index contributed by atoms with van der Waals surface area (Å²) < 4.78 is 23.0. The van der Waals surface area contributed by atoms with Gasteiger partial charge < -0.3 is 10.6 Å². The molecule has 1 aliphatic carbocycles. The Morgan fingerprint density at radius 2 is 1.67 bits per heavy atom. The molecule has 160 valence electrons. The molecule has 0 radical (unpaired) electrons. The summed E-state index contributed by atoms with van der Waals surface area (Å²) in [6.45, 7) is 1.84. The van der Waals surface area contributed by atoms with Crippen LogP contribution < -0.4 is 10.6 Å². The summed E-state index contributed by atoms with van der Waals surface area (Å²) in [5.74, 6) is -0.526. The van der Waals surface area contributed by atoms with Crippen LogP contribution in [0.3, 0.4) is 0 Å². The molecule has 0 atom stereocenters. The SMILES string of the molecule is Cc1cc(C(=O)NC2CCCCC2)ccc1NC(=O)c1cccc(CS(C)(=O)=O)c1. The molecule has 0 bridgehead atoms. The Hall–Kier alpha value is -2.67. The van der Waals surface area contributed by atoms with Gasteiger partial charge in [0.1, 0.15) is 0 Å². The summed E-state index contributed by atoms with van der Waals surface area (Å²) in [6, 6.07) is 12.0. The van der Waals surface area contributed by atoms with Gasteiger partial charge in [-0.1, -0.05) is 31.4 Å². The number of nitrogens with one attached hydrogen (secondary N) is 2. The molecule has 2 aromatic rings. The number of hydrogen-bond acceptors (Lipinski definition) is 4. The highest BCUT2D eigenvalue weighted by Gasteiger charge is 2.17. The molecular weight excluding hydrogens is 400 g/mol. The Labute approximate surface area is 178 Å². The van der Waals surface area contributed by atoms with Gasteiger partial charge in [-0.25, -0.2) is 8.42 Å². The first-order chi connectivity index (χ1) is 14.2. The minimum Gasteiger partial charge on any atom is -0.349 e. The van der Waals surface area contributed by atoms with Crippen molar-refractivity contribution in [3.8, 4) is 0 Å². The number of hydrogen-bond donors (Lipinski definition) is 2. The predicted octanol–water partition coefficient (Wildman–Crippen LogP) is 3.85. The van der Waals surface area contributed by atoms with Crippen molar-refractivity contribution in [1.82, 2.24) is 5.32 Å². The van der Waals surface area contributed by atoms with Crippen molar-refractivity contribution in [2.45, 2.75) is 50.8 Å². The largest absolute Gasteiger partial charge is 0.349 e. The van der Waals surface area contributed by atoms with Crippen molar-refractivity contribution in [3.05, 3.63) is 64.7 Å². The average molecular weight is 429 g/mol. The van der Waals surface area contributed by atoms with E-state index in [1.807, 2.05) is 6.92 Å². The highest BCUT2D eigenvalue weighted by molar-refractivity contribution is 7.89. The van der Waals surface area contributed by atoms with Crippen LogP contribution in [0.25, 0.3) is 0 Å². The number of anilines is 1. The van der Waals surface area contributed by atoms with Gasteiger partial charge in [-0.05, 0) is 61.2 Å². The van der Waals surface area contributed by atoms with Gasteiger partial charge in [-0.2, -0.15) is 0 Å². The molecule has 2 N–H and O–H groups in total. The van der Waals surface area contributed by atoms with Crippen molar-refractivity contribution in [2.75, 3.05) is 11.6 Å². The van der Waals surface area contributed by atoms with Crippen LogP contribution in [-0.4, -0.2) is 32.5 Å². The van der Waals surface area contributed by atoms with E-state index in [4.69, 9.17) is 0 Å². The van der Waals surface area contributed by atoms with Crippen LogP contribution in [-0.2, 0) is 15.6 Å². The van der Waals surface area contributed by atoms with E-state index in [-0.39, 0.29) is 23.6 Å². The summed E-state index contributed by atoms with van der Waals surface area (Å²) in [5.41, 5.74) is 2.92. The number of carbonyl (C=O) groups excluding carboxylic acids is 2. The zero-order chi connectivity index (χ0) is 21.7. The number of amides is 2. The molecule has 7 heteroatoms. The van der Waals surface area contributed by atoms with E-state index in [1.54, 1.807) is 42.5 Å². The molecule has 0 aliphatic heterocycles. The van der Waals surface area contributed by atoms with Crippen molar-refractivity contribution in [3.63, 3.8) is 0 Å². The highest BCUT2D eigenvalue weighted by atomic mass is 32.2. The second-order valence-corrected chi connectivity index (χ2v) is 10.2. The number of rotatable bonds is 6. The zero-order valence-corrected chi connectivity index (χ0v) is 18.2. The Bertz CT molecular complexity index is 1040. The van der Waals surface area contributed by atoms with Gasteiger partial charge in [0.05, 0.1) is 5.75 Å². The fraction of sp³-hybridized carbons (Fsp3) is 0.391. The third-order valence-electron chi connectivity index (χ3n) is 5.30. The number of aryl methyl sites for hydroxylation is 1. The van der Waals surface area contributed by atoms with Crippen LogP contribution in [0.4, 0.5) is 5.69 Å². The smallest absolute Gasteiger partial charge is 0.255 e. The standard InChI is InChI=1S/C23H28N2O4S/c1-16-13-19(22(26)24-20-9-4-3-5-10-20)11-12-21(16)25-23(27)18-8-6-7-17(14-18)15-30(2,28)29/h6-8,11-14,20H,3-5,9-10,15H2,1-2H3,(H,24,26)(H,25,27). The summed E-state index contributed by atoms with van der Waals surface area (Å²) in [6.07, 6.45) is 6.75. The third kappa shape index (κ3) is 6.16. The second kappa shape index (κ2) is 9.43. The van der Waals surface area contributed by atoms with Gasteiger partial charge in [0, 0.05) is 29.1 Å². The van der Waals surface area contributed by atoms with Crippen LogP contribution in [0.15, 0.2) is 42.5 Å². The Morgan fingerprint density at radius 3 is 2.33 bits per heavy atom. The predicted molar refractivity (Wildman–Crippen MR) is 118 cm³/mol. The maximum absolute atomic E-state index is 12.6. The molecule has 3 rings (SSSR count). The molecular formula is C23H28N2O4S. The molecule has 2 aromatic carbocycles. The first-order valence-electron chi connectivity index (χ1n) is 10.2. The van der Waals surface area contributed by atoms with Gasteiger partial charge in [-0.15, -0.1) is 0 Å². The fourth-order valence-electron chi connectivity index (χ4n) is 3.76. The Morgan fingerprint density at radius 1 is 0.967 bits per heavy atom. The average Bonchev–Trinajstić information content (AvgIpc) is 2.69. The van der Waals surface area contributed by atoms with E-state index in [1.165, 1.54) is 6.42 Å². The summed E-state index contributed by atoms with van der Waals surface area (Å²) >= 11 is 0. The third-order valence-corrected chi connectivity index (χ3v) is 6.15. The second-order valence-electron chi connectivity index (χ2n) is 8.06. The van der Waals surface area contributed by atoms with Gasteiger partial charge in [0.15, 0.2) is 9.84 Å². The molecule has 0 aromatic heterocycles. The minimum atomic E-state index is -3.18. The molecule has 30 heavy (non-hydrogen) atoms. The lowest BCUT2D eigenvalue weighted by molar-refractivity contribution is 0.0927. The normalized spacial score (nSPS) is 14.9. The first-order valence-corrected chi connectivity index (χ1v) is 12.3. The summed E-state index contributed by atoms with van der Waals surface area (Å²) in [5, 5.41) is 5.94. The van der Waals surface area contributed by atoms with E-state index < -0.39 is 9.84 Å². The Kier molecular flexibility index (Phi) is 6.92. The van der Waals surface area contributed by atoms with Crippen LogP contribution in [0.1, 0.15) is 63.9 Å². The lowest BCUT2D eigenvalue weighted by Crippen LogP contribution is -2.36. The van der Waals surface area contributed by atoms with Crippen LogP contribution in [0.2, 0.25) is 0 Å². The van der Waals surface area contributed by atoms with Crippen LogP contribution in [0.5, 0.6) is 0 Å². The molecule has 0 unspecified atom stereocenters. The monoisotopic (exact) mass is 428 g/mol. The van der Waals surface area contributed by atoms with E-state index in [9.17, 15) is 18.0 Å². The topological polar surface area (TPSA) is 92.3 Å². The molecule has 1 fully saturated rings. The molecule has 0 spiro atoms. The number of sulfone groups is 1. The lowest BCUT2D eigenvalue weighted by Gasteiger charge is -2.23. The van der Waals surface area contributed by atoms with Crippen molar-refractivity contribution < 1.29 is 18.0 Å². The highest BCUT2D eigenvalue weighted by Crippen LogP contribution is 2.21. The summed E-state index contributed by atoms with van der Waals surface area (Å²) in [4.78, 5) is 25.1. The van der Waals surface area contributed by atoms with Crippen molar-refractivity contribution >= 4 is 27.3 Å². The molecule has 0 heterocycles. The first kappa shape index (κ1) is 22.0. The van der Waals surface area contributed by atoms with Gasteiger partial charge >= 0.3 is 0 Å². The number of carbonyl (C=O) groups is 2. The van der Waals surface area contributed by atoms with E-state index in [0.29, 0.717) is 22.4 Å².